The van der Waals surface area contributed by atoms with Gasteiger partial charge in [0, 0.05) is 42.2 Å². The number of ether oxygens (including phenoxy) is 10. The van der Waals surface area contributed by atoms with E-state index in [2.05, 4.69) is 31.3 Å². The Bertz CT molecular complexity index is 1860. The summed E-state index contributed by atoms with van der Waals surface area (Å²) < 4.78 is 53.6. The highest BCUT2D eigenvalue weighted by atomic mass is 16.7. The van der Waals surface area contributed by atoms with E-state index in [9.17, 15) is 34.1 Å². The Labute approximate surface area is 405 Å². The van der Waals surface area contributed by atoms with Crippen molar-refractivity contribution in [3.05, 3.63) is 74.7 Å². The molecule has 1 unspecified atom stereocenters. The van der Waals surface area contributed by atoms with Crippen LogP contribution in [0.15, 0.2) is 53.6 Å². The molecule has 0 aromatic heterocycles. The van der Waals surface area contributed by atoms with Gasteiger partial charge in [-0.1, -0.05) is 31.1 Å². The van der Waals surface area contributed by atoms with Crippen molar-refractivity contribution in [2.45, 2.75) is 51.8 Å². The molecule has 0 aliphatic heterocycles. The number of azide groups is 1. The highest BCUT2D eigenvalue weighted by molar-refractivity contribution is 5.98. The molecule has 0 saturated carbocycles. The standard InChI is InChI=1S/C44H67N9O17/c1-33(2)40(51-39(54)13-16-61-18-20-63-22-24-65-26-28-67-30-31-68-29-27-66-25-23-64-21-19-62-17-15-48-52-46)42(56)50-38(4-3-14-47-43(45)57)41(55)49-35-7-5-34(6-8-35)32-69-44(58)70-37-11-9-36(10-12-37)53(59)60/h5-12,33,38,40H,3-4,13-32H2,1-2H3,(H,49,55)(H,50,56)(H,51,54)(H3,45,47,57)/t38?,40-/m0/s1. The van der Waals surface area contributed by atoms with E-state index in [0.29, 0.717) is 104 Å². The zero-order chi connectivity index (χ0) is 51.0. The molecular weight excluding hydrogens is 927 g/mol. The molecule has 0 aliphatic carbocycles. The number of carbonyl (C=O) groups excluding carboxylic acids is 5. The molecular formula is C44H67N9O17. The van der Waals surface area contributed by atoms with Crippen LogP contribution < -0.4 is 31.7 Å². The number of nitrogens with two attached hydrogens (primary N) is 1. The zero-order valence-electron chi connectivity index (χ0n) is 39.7. The minimum Gasteiger partial charge on any atom is -0.429 e. The summed E-state index contributed by atoms with van der Waals surface area (Å²) in [6, 6.07) is 8.41. The van der Waals surface area contributed by atoms with Crippen LogP contribution in [0.3, 0.4) is 0 Å². The van der Waals surface area contributed by atoms with Crippen LogP contribution in [0.25, 0.3) is 10.4 Å². The molecule has 0 radical (unpaired) electrons. The molecule has 26 nitrogen and oxygen atoms in total. The van der Waals surface area contributed by atoms with Gasteiger partial charge in [-0.2, -0.15) is 0 Å². The van der Waals surface area contributed by atoms with E-state index in [0.717, 1.165) is 0 Å². The Hall–Kier alpha value is -6.22. The number of carbonyl (C=O) groups is 5. The topological polar surface area (TPSA) is 344 Å². The summed E-state index contributed by atoms with van der Waals surface area (Å²) in [6.07, 6.45) is -0.656. The quantitative estimate of drug-likeness (QED) is 0.00933. The minimum absolute atomic E-state index is 0.0281. The molecule has 2 aromatic carbocycles. The van der Waals surface area contributed by atoms with Crippen LogP contribution in [0, 0.1) is 16.0 Å². The first-order valence-electron chi connectivity index (χ1n) is 22.6. The van der Waals surface area contributed by atoms with E-state index in [1.54, 1.807) is 38.1 Å². The SMILES string of the molecule is CC(C)[C@H](NC(=O)CCOCCOCCOCCOCCOCCOCCOCCOCCN=[N+]=[N-])C(=O)NC(CCCNC(N)=O)C(=O)Nc1ccc(COC(=O)Oc2ccc([N+](=O)[O-])cc2)cc1. The number of hydrogen-bond acceptors (Lipinski definition) is 18. The average molecular weight is 994 g/mol. The van der Waals surface area contributed by atoms with E-state index in [-0.39, 0.29) is 69.6 Å². The van der Waals surface area contributed by atoms with E-state index >= 15 is 0 Å². The second-order valence-corrected chi connectivity index (χ2v) is 15.0. The van der Waals surface area contributed by atoms with Gasteiger partial charge >= 0.3 is 12.2 Å². The smallest absolute Gasteiger partial charge is 0.429 e. The lowest BCUT2D eigenvalue weighted by atomic mass is 10.0. The van der Waals surface area contributed by atoms with Crippen LogP contribution in [0.5, 0.6) is 5.75 Å². The number of nitro benzene ring substituents is 1. The summed E-state index contributed by atoms with van der Waals surface area (Å²) in [5, 5.41) is 24.8. The third kappa shape index (κ3) is 30.3. The van der Waals surface area contributed by atoms with Gasteiger partial charge in [0.25, 0.3) is 5.69 Å². The predicted octanol–water partition coefficient (Wildman–Crippen LogP) is 3.16. The molecule has 6 N–H and O–H groups in total. The maximum atomic E-state index is 13.5. The number of anilines is 1. The number of nitrogens with one attached hydrogen (secondary N) is 4. The Morgan fingerprint density at radius 1 is 0.700 bits per heavy atom. The number of nitro groups is 1. The largest absolute Gasteiger partial charge is 0.514 e. The van der Waals surface area contributed by atoms with E-state index in [1.165, 1.54) is 24.3 Å². The van der Waals surface area contributed by atoms with Crippen LogP contribution >= 0.6 is 0 Å². The summed E-state index contributed by atoms with van der Waals surface area (Å²) >= 11 is 0. The van der Waals surface area contributed by atoms with Crippen molar-refractivity contribution >= 4 is 41.3 Å². The van der Waals surface area contributed by atoms with Crippen molar-refractivity contribution in [2.75, 3.05) is 124 Å². The van der Waals surface area contributed by atoms with Crippen molar-refractivity contribution in [1.82, 2.24) is 16.0 Å². The normalized spacial score (nSPS) is 11.8. The number of hydrogen-bond donors (Lipinski definition) is 5. The van der Waals surface area contributed by atoms with Crippen molar-refractivity contribution in [2.24, 2.45) is 16.8 Å². The minimum atomic E-state index is -1.07. The summed E-state index contributed by atoms with van der Waals surface area (Å²) in [4.78, 5) is 76.0. The summed E-state index contributed by atoms with van der Waals surface area (Å²) in [5.41, 5.74) is 14.1. The number of nitrogens with zero attached hydrogens (tertiary/aromatic N) is 4. The van der Waals surface area contributed by atoms with Gasteiger partial charge in [0.05, 0.1) is 111 Å². The third-order valence-electron chi connectivity index (χ3n) is 9.17. The summed E-state index contributed by atoms with van der Waals surface area (Å²) in [6.45, 7) is 9.66. The molecule has 0 fully saturated rings. The van der Waals surface area contributed by atoms with Gasteiger partial charge in [0.15, 0.2) is 0 Å². The molecule has 0 aliphatic rings. The molecule has 2 aromatic rings. The molecule has 5 amide bonds. The van der Waals surface area contributed by atoms with E-state index in [4.69, 9.17) is 58.6 Å². The molecule has 70 heavy (non-hydrogen) atoms. The number of non-ortho nitro benzene ring substituents is 1. The fraction of sp³-hybridized carbons (Fsp3) is 0.614. The van der Waals surface area contributed by atoms with Crippen LogP contribution in [-0.2, 0) is 63.6 Å². The number of benzene rings is 2. The Morgan fingerprint density at radius 3 is 1.67 bits per heavy atom. The number of primary amides is 1. The van der Waals surface area contributed by atoms with Gasteiger partial charge in [-0.25, -0.2) is 9.59 Å². The maximum absolute atomic E-state index is 13.5. The highest BCUT2D eigenvalue weighted by Crippen LogP contribution is 2.18. The molecule has 0 heterocycles. The third-order valence-corrected chi connectivity index (χ3v) is 9.17. The number of rotatable bonds is 41. The van der Waals surface area contributed by atoms with Crippen molar-refractivity contribution < 1.29 is 76.3 Å². The molecule has 0 saturated heterocycles. The van der Waals surface area contributed by atoms with Gasteiger partial charge < -0.3 is 74.4 Å². The fourth-order valence-electron chi connectivity index (χ4n) is 5.60. The average Bonchev–Trinajstić information content (AvgIpc) is 3.33. The predicted molar refractivity (Wildman–Crippen MR) is 250 cm³/mol. The maximum Gasteiger partial charge on any atom is 0.514 e. The van der Waals surface area contributed by atoms with Gasteiger partial charge in [-0.15, -0.1) is 0 Å². The molecule has 0 bridgehead atoms. The first-order valence-corrected chi connectivity index (χ1v) is 22.6. The monoisotopic (exact) mass is 993 g/mol. The molecule has 390 valence electrons. The summed E-state index contributed by atoms with van der Waals surface area (Å²) in [5.74, 6) is -1.87. The van der Waals surface area contributed by atoms with Gasteiger partial charge in [0.2, 0.25) is 17.7 Å². The van der Waals surface area contributed by atoms with Gasteiger partial charge in [-0.05, 0) is 54.1 Å². The van der Waals surface area contributed by atoms with Crippen LogP contribution in [0.2, 0.25) is 0 Å². The first kappa shape index (κ1) is 59.9. The second kappa shape index (κ2) is 38.6. The first-order chi connectivity index (χ1) is 33.9. The van der Waals surface area contributed by atoms with Crippen molar-refractivity contribution in [1.29, 1.82) is 0 Å². The lowest BCUT2D eigenvalue weighted by Gasteiger charge is -2.25. The van der Waals surface area contributed by atoms with Gasteiger partial charge in [0.1, 0.15) is 24.4 Å². The molecule has 2 atom stereocenters. The second-order valence-electron chi connectivity index (χ2n) is 15.0. The zero-order valence-corrected chi connectivity index (χ0v) is 39.7. The van der Waals surface area contributed by atoms with Crippen LogP contribution in [0.1, 0.15) is 38.7 Å². The lowest BCUT2D eigenvalue weighted by Crippen LogP contribution is -2.54. The number of urea groups is 1. The Morgan fingerprint density at radius 2 is 1.20 bits per heavy atom. The molecule has 26 heteroatoms. The molecule has 2 rings (SSSR count). The number of amides is 5. The Kier molecular flexibility index (Phi) is 33.0. The van der Waals surface area contributed by atoms with E-state index < -0.39 is 46.9 Å². The van der Waals surface area contributed by atoms with Crippen molar-refractivity contribution in [3.63, 3.8) is 0 Å². The van der Waals surface area contributed by atoms with Crippen LogP contribution in [-0.4, -0.2) is 166 Å². The van der Waals surface area contributed by atoms with Gasteiger partial charge in [-0.3, -0.25) is 24.5 Å². The van der Waals surface area contributed by atoms with E-state index in [1.807, 2.05) is 0 Å². The highest BCUT2D eigenvalue weighted by Gasteiger charge is 2.29. The van der Waals surface area contributed by atoms with Crippen molar-refractivity contribution in [3.8, 4) is 5.75 Å². The fourth-order valence-corrected chi connectivity index (χ4v) is 5.60. The lowest BCUT2D eigenvalue weighted by molar-refractivity contribution is -0.384. The Balaban J connectivity index is 1.60. The molecule has 0 spiro atoms. The summed E-state index contributed by atoms with van der Waals surface area (Å²) in [7, 11) is 0. The van der Waals surface area contributed by atoms with Crippen LogP contribution in [0.4, 0.5) is 21.0 Å².